The van der Waals surface area contributed by atoms with Gasteiger partial charge in [0, 0.05) is 11.6 Å². The maximum absolute atomic E-state index is 12.7. The van der Waals surface area contributed by atoms with Gasteiger partial charge in [0.2, 0.25) is 0 Å². The van der Waals surface area contributed by atoms with Gasteiger partial charge in [-0.3, -0.25) is 0 Å². The van der Waals surface area contributed by atoms with Gasteiger partial charge in [-0.25, -0.2) is 4.39 Å². The van der Waals surface area contributed by atoms with Crippen molar-refractivity contribution >= 4 is 0 Å². The van der Waals surface area contributed by atoms with Gasteiger partial charge < -0.3 is 5.73 Å². The van der Waals surface area contributed by atoms with Crippen LogP contribution in [0.25, 0.3) is 0 Å². The fraction of sp³-hybridized carbons (Fsp3) is 0.200. The molecule has 0 aromatic heterocycles. The van der Waals surface area contributed by atoms with Gasteiger partial charge in [-0.1, -0.05) is 12.0 Å². The van der Waals surface area contributed by atoms with Crippen molar-refractivity contribution < 1.29 is 4.39 Å². The number of benzene rings is 1. The van der Waals surface area contributed by atoms with Crippen LogP contribution in [-0.2, 0) is 0 Å². The minimum Gasteiger partial charge on any atom is -0.324 e. The van der Waals surface area contributed by atoms with Crippen LogP contribution in [0.5, 0.6) is 0 Å². The van der Waals surface area contributed by atoms with E-state index in [0.717, 1.165) is 5.56 Å². The van der Waals surface area contributed by atoms with Gasteiger partial charge >= 0.3 is 0 Å². The average Bonchev–Trinajstić information content (AvgIpc) is 2.03. The van der Waals surface area contributed by atoms with Gasteiger partial charge in [0.25, 0.3) is 0 Å². The van der Waals surface area contributed by atoms with Crippen molar-refractivity contribution in [3.63, 3.8) is 0 Å². The van der Waals surface area contributed by atoms with Crippen molar-refractivity contribution in [1.29, 1.82) is 0 Å². The molecule has 0 aliphatic rings. The maximum Gasteiger partial charge on any atom is 0.124 e. The van der Waals surface area contributed by atoms with Crippen molar-refractivity contribution in [2.45, 2.75) is 13.0 Å². The number of nitrogens with two attached hydrogens (primary N) is 1. The molecular formula is C10H10FN. The summed E-state index contributed by atoms with van der Waals surface area (Å²) in [6.45, 7) is 1.81. The fourth-order valence-electron chi connectivity index (χ4n) is 1.05. The van der Waals surface area contributed by atoms with E-state index < -0.39 is 0 Å². The number of terminal acetylenes is 1. The van der Waals surface area contributed by atoms with E-state index in [1.807, 2.05) is 6.92 Å². The van der Waals surface area contributed by atoms with Crippen LogP contribution in [0.1, 0.15) is 24.1 Å². The van der Waals surface area contributed by atoms with Crippen LogP contribution in [0.4, 0.5) is 4.39 Å². The lowest BCUT2D eigenvalue weighted by Crippen LogP contribution is -2.07. The molecule has 2 N–H and O–H groups in total. The van der Waals surface area contributed by atoms with Gasteiger partial charge in [-0.05, 0) is 24.6 Å². The lowest BCUT2D eigenvalue weighted by molar-refractivity contribution is 0.625. The Labute approximate surface area is 71.4 Å². The Kier molecular flexibility index (Phi) is 2.47. The minimum absolute atomic E-state index is 0.156. The van der Waals surface area contributed by atoms with E-state index in [9.17, 15) is 4.39 Å². The molecule has 1 aromatic carbocycles. The summed E-state index contributed by atoms with van der Waals surface area (Å²) >= 11 is 0. The normalized spacial score (nSPS) is 12.2. The highest BCUT2D eigenvalue weighted by Gasteiger charge is 2.05. The Morgan fingerprint density at radius 1 is 1.58 bits per heavy atom. The Bertz CT molecular complexity index is 323. The van der Waals surface area contributed by atoms with E-state index in [0.29, 0.717) is 5.56 Å². The molecule has 1 aromatic rings. The highest BCUT2D eigenvalue weighted by Crippen LogP contribution is 2.15. The first kappa shape index (κ1) is 8.76. The summed E-state index contributed by atoms with van der Waals surface area (Å²) in [6.07, 6.45) is 5.19. The summed E-state index contributed by atoms with van der Waals surface area (Å²) in [5, 5.41) is 0. The van der Waals surface area contributed by atoms with Gasteiger partial charge in [0.05, 0.1) is 0 Å². The van der Waals surface area contributed by atoms with Crippen LogP contribution in [0.15, 0.2) is 18.2 Å². The summed E-state index contributed by atoms with van der Waals surface area (Å²) < 4.78 is 12.7. The highest BCUT2D eigenvalue weighted by atomic mass is 19.1. The minimum atomic E-state index is -0.327. The Hall–Kier alpha value is -1.33. The molecule has 0 fully saturated rings. The quantitative estimate of drug-likeness (QED) is 0.628. The molecule has 1 unspecified atom stereocenters. The topological polar surface area (TPSA) is 26.0 Å². The van der Waals surface area contributed by atoms with Crippen molar-refractivity contribution in [3.05, 3.63) is 35.1 Å². The van der Waals surface area contributed by atoms with E-state index in [4.69, 9.17) is 12.2 Å². The number of hydrogen-bond donors (Lipinski definition) is 1. The van der Waals surface area contributed by atoms with E-state index in [1.54, 1.807) is 6.07 Å². The highest BCUT2D eigenvalue weighted by molar-refractivity contribution is 5.41. The maximum atomic E-state index is 12.7. The average molecular weight is 163 g/mol. The molecular weight excluding hydrogens is 153 g/mol. The summed E-state index contributed by atoms with van der Waals surface area (Å²) in [6, 6.07) is 4.14. The zero-order valence-corrected chi connectivity index (χ0v) is 6.84. The SMILES string of the molecule is C#Cc1cc(F)ccc1C(C)N. The van der Waals surface area contributed by atoms with E-state index in [1.165, 1.54) is 12.1 Å². The molecule has 0 amide bonds. The molecule has 12 heavy (non-hydrogen) atoms. The summed E-state index contributed by atoms with van der Waals surface area (Å²) in [4.78, 5) is 0. The predicted octanol–water partition coefficient (Wildman–Crippen LogP) is 1.83. The fourth-order valence-corrected chi connectivity index (χ4v) is 1.05. The molecule has 2 heteroatoms. The molecule has 1 rings (SSSR count). The van der Waals surface area contributed by atoms with Gasteiger partial charge in [0.1, 0.15) is 5.82 Å². The van der Waals surface area contributed by atoms with Crippen molar-refractivity contribution in [2.75, 3.05) is 0 Å². The van der Waals surface area contributed by atoms with Crippen LogP contribution in [0, 0.1) is 18.2 Å². The van der Waals surface area contributed by atoms with Crippen LogP contribution < -0.4 is 5.73 Å². The second kappa shape index (κ2) is 3.38. The van der Waals surface area contributed by atoms with Crippen molar-refractivity contribution in [1.82, 2.24) is 0 Å². The van der Waals surface area contributed by atoms with Gasteiger partial charge in [-0.15, -0.1) is 6.42 Å². The third kappa shape index (κ3) is 1.63. The molecule has 1 nitrogen and oxygen atoms in total. The molecule has 1 atom stereocenters. The van der Waals surface area contributed by atoms with Gasteiger partial charge in [-0.2, -0.15) is 0 Å². The number of rotatable bonds is 1. The summed E-state index contributed by atoms with van der Waals surface area (Å²) in [7, 11) is 0. The molecule has 0 saturated heterocycles. The Morgan fingerprint density at radius 2 is 2.25 bits per heavy atom. The molecule has 0 bridgehead atoms. The second-order valence-corrected chi connectivity index (χ2v) is 2.66. The molecule has 0 aliphatic heterocycles. The smallest absolute Gasteiger partial charge is 0.124 e. The first-order chi connectivity index (χ1) is 5.65. The largest absolute Gasteiger partial charge is 0.324 e. The standard InChI is InChI=1S/C10H10FN/c1-3-8-6-9(11)4-5-10(8)7(2)12/h1,4-7H,12H2,2H3. The zero-order chi connectivity index (χ0) is 9.14. The monoisotopic (exact) mass is 163 g/mol. The van der Waals surface area contributed by atoms with Crippen molar-refractivity contribution in [3.8, 4) is 12.3 Å². The van der Waals surface area contributed by atoms with E-state index in [-0.39, 0.29) is 11.9 Å². The first-order valence-corrected chi connectivity index (χ1v) is 3.67. The molecule has 0 aliphatic carbocycles. The third-order valence-electron chi connectivity index (χ3n) is 1.66. The van der Waals surface area contributed by atoms with Crippen molar-refractivity contribution in [2.24, 2.45) is 5.73 Å². The Balaban J connectivity index is 3.23. The van der Waals surface area contributed by atoms with Crippen LogP contribution in [-0.4, -0.2) is 0 Å². The predicted molar refractivity (Wildman–Crippen MR) is 46.9 cm³/mol. The lowest BCUT2D eigenvalue weighted by Gasteiger charge is -2.07. The molecule has 0 spiro atoms. The van der Waals surface area contributed by atoms with E-state index in [2.05, 4.69) is 5.92 Å². The van der Waals surface area contributed by atoms with Crippen LogP contribution in [0.3, 0.4) is 0 Å². The number of hydrogen-bond acceptors (Lipinski definition) is 1. The number of halogens is 1. The first-order valence-electron chi connectivity index (χ1n) is 3.67. The van der Waals surface area contributed by atoms with E-state index >= 15 is 0 Å². The lowest BCUT2D eigenvalue weighted by atomic mass is 10.0. The van der Waals surface area contributed by atoms with Crippen LogP contribution in [0.2, 0.25) is 0 Å². The van der Waals surface area contributed by atoms with Gasteiger partial charge in [0.15, 0.2) is 0 Å². The molecule has 62 valence electrons. The molecule has 0 heterocycles. The summed E-state index contributed by atoms with van der Waals surface area (Å²) in [5.74, 6) is 2.07. The zero-order valence-electron chi connectivity index (χ0n) is 6.84. The summed E-state index contributed by atoms with van der Waals surface area (Å²) in [5.41, 5.74) is 6.96. The Morgan fingerprint density at radius 3 is 2.75 bits per heavy atom. The third-order valence-corrected chi connectivity index (χ3v) is 1.66. The molecule has 0 saturated carbocycles. The second-order valence-electron chi connectivity index (χ2n) is 2.66. The molecule has 0 radical (unpaired) electrons. The van der Waals surface area contributed by atoms with Crippen LogP contribution >= 0.6 is 0 Å².